The molecule has 0 saturated carbocycles. The number of aromatic nitrogens is 1. The third kappa shape index (κ3) is 3.00. The topological polar surface area (TPSA) is 95.5 Å². The number of carbonyl (C=O) groups excluding carboxylic acids is 1. The largest absolute Gasteiger partial charge is 0.454 e. The van der Waals surface area contributed by atoms with E-state index in [2.05, 4.69) is 5.16 Å². The normalized spacial score (nSPS) is 10.3. The molecule has 7 nitrogen and oxygen atoms in total. The summed E-state index contributed by atoms with van der Waals surface area (Å²) in [4.78, 5) is 22.0. The van der Waals surface area contributed by atoms with Crippen LogP contribution in [0.25, 0.3) is 0 Å². The first kappa shape index (κ1) is 13.7. The van der Waals surface area contributed by atoms with Crippen LogP contribution in [0.15, 0.2) is 28.8 Å². The van der Waals surface area contributed by atoms with Crippen LogP contribution < -0.4 is 0 Å². The van der Waals surface area contributed by atoms with Gasteiger partial charge in [-0.1, -0.05) is 5.16 Å². The average Bonchev–Trinajstić information content (AvgIpc) is 2.81. The number of esters is 1. The van der Waals surface area contributed by atoms with Gasteiger partial charge in [0, 0.05) is 17.7 Å². The molecule has 104 valence electrons. The first-order valence-corrected chi connectivity index (χ1v) is 5.81. The lowest BCUT2D eigenvalue weighted by molar-refractivity contribution is -0.385. The van der Waals surface area contributed by atoms with Crippen molar-refractivity contribution >= 4 is 11.7 Å². The number of nitrogens with zero attached hydrogens (tertiary/aromatic N) is 2. The van der Waals surface area contributed by atoms with E-state index in [1.165, 1.54) is 18.2 Å². The van der Waals surface area contributed by atoms with Gasteiger partial charge in [0.1, 0.15) is 0 Å². The number of hydrogen-bond donors (Lipinski definition) is 0. The molecule has 1 aromatic carbocycles. The molecular weight excluding hydrogens is 264 g/mol. The summed E-state index contributed by atoms with van der Waals surface area (Å²) in [5.41, 5.74) is 1.32. The zero-order valence-electron chi connectivity index (χ0n) is 11.0. The van der Waals surface area contributed by atoms with E-state index in [4.69, 9.17) is 9.26 Å². The third-order valence-electron chi connectivity index (χ3n) is 2.65. The molecule has 2 aromatic rings. The summed E-state index contributed by atoms with van der Waals surface area (Å²) in [7, 11) is 0. The molecule has 0 saturated heterocycles. The van der Waals surface area contributed by atoms with Crippen LogP contribution >= 0.6 is 0 Å². The van der Waals surface area contributed by atoms with Crippen LogP contribution in [0.4, 0.5) is 5.69 Å². The number of ether oxygens (including phenoxy) is 1. The smallest absolute Gasteiger partial charge is 0.338 e. The second kappa shape index (κ2) is 5.52. The highest BCUT2D eigenvalue weighted by atomic mass is 16.6. The Morgan fingerprint density at radius 2 is 2.15 bits per heavy atom. The Balaban J connectivity index is 2.06. The van der Waals surface area contributed by atoms with Crippen molar-refractivity contribution in [2.24, 2.45) is 0 Å². The number of benzene rings is 1. The van der Waals surface area contributed by atoms with Crippen LogP contribution in [-0.2, 0) is 11.3 Å². The van der Waals surface area contributed by atoms with E-state index in [9.17, 15) is 14.9 Å². The minimum absolute atomic E-state index is 0.0320. The summed E-state index contributed by atoms with van der Waals surface area (Å²) in [5, 5.41) is 14.4. The minimum Gasteiger partial charge on any atom is -0.454 e. The molecule has 0 unspecified atom stereocenters. The van der Waals surface area contributed by atoms with Crippen molar-refractivity contribution in [1.29, 1.82) is 0 Å². The first-order valence-electron chi connectivity index (χ1n) is 5.81. The van der Waals surface area contributed by atoms with Gasteiger partial charge < -0.3 is 9.26 Å². The zero-order chi connectivity index (χ0) is 14.7. The summed E-state index contributed by atoms with van der Waals surface area (Å²) in [6.07, 6.45) is 0. The molecule has 0 spiro atoms. The van der Waals surface area contributed by atoms with Crippen molar-refractivity contribution in [3.63, 3.8) is 0 Å². The predicted molar refractivity (Wildman–Crippen MR) is 68.2 cm³/mol. The summed E-state index contributed by atoms with van der Waals surface area (Å²) >= 11 is 0. The van der Waals surface area contributed by atoms with Gasteiger partial charge in [-0.3, -0.25) is 10.1 Å². The molecule has 1 aromatic heterocycles. The molecule has 20 heavy (non-hydrogen) atoms. The molecule has 0 aliphatic carbocycles. The molecule has 0 aliphatic rings. The van der Waals surface area contributed by atoms with Crippen LogP contribution in [-0.4, -0.2) is 16.0 Å². The van der Waals surface area contributed by atoms with Gasteiger partial charge in [-0.15, -0.1) is 0 Å². The van der Waals surface area contributed by atoms with E-state index >= 15 is 0 Å². The maximum atomic E-state index is 11.8. The second-order valence-electron chi connectivity index (χ2n) is 4.27. The van der Waals surface area contributed by atoms with E-state index in [1.54, 1.807) is 19.9 Å². The Kier molecular flexibility index (Phi) is 3.79. The molecule has 2 rings (SSSR count). The standard InChI is InChI=1S/C13H12N2O5/c1-8-5-10(3-4-12(8)15(17)18)13(16)19-7-11-6-9(2)14-20-11/h3-6H,7H2,1-2H3. The lowest BCUT2D eigenvalue weighted by atomic mass is 10.1. The second-order valence-corrected chi connectivity index (χ2v) is 4.27. The first-order chi connectivity index (χ1) is 9.47. The number of nitro groups is 1. The van der Waals surface area contributed by atoms with Crippen molar-refractivity contribution in [1.82, 2.24) is 5.16 Å². The molecule has 0 bridgehead atoms. The Morgan fingerprint density at radius 3 is 2.70 bits per heavy atom. The van der Waals surface area contributed by atoms with Crippen LogP contribution in [0, 0.1) is 24.0 Å². The van der Waals surface area contributed by atoms with E-state index < -0.39 is 10.9 Å². The number of carbonyl (C=O) groups is 1. The van der Waals surface area contributed by atoms with E-state index in [-0.39, 0.29) is 17.9 Å². The van der Waals surface area contributed by atoms with Gasteiger partial charge in [-0.05, 0) is 26.0 Å². The average molecular weight is 276 g/mol. The van der Waals surface area contributed by atoms with Gasteiger partial charge in [0.05, 0.1) is 16.2 Å². The molecule has 0 aliphatic heterocycles. The molecule has 0 radical (unpaired) electrons. The summed E-state index contributed by atoms with van der Waals surface area (Å²) in [5.74, 6) is -0.133. The quantitative estimate of drug-likeness (QED) is 0.483. The Morgan fingerprint density at radius 1 is 1.40 bits per heavy atom. The molecule has 0 fully saturated rings. The van der Waals surface area contributed by atoms with Crippen molar-refractivity contribution in [3.8, 4) is 0 Å². The van der Waals surface area contributed by atoms with Gasteiger partial charge in [-0.25, -0.2) is 4.79 Å². The van der Waals surface area contributed by atoms with Gasteiger partial charge >= 0.3 is 5.97 Å². The highest BCUT2D eigenvalue weighted by molar-refractivity contribution is 5.90. The van der Waals surface area contributed by atoms with E-state index in [0.717, 1.165) is 0 Å². The molecule has 7 heteroatoms. The monoisotopic (exact) mass is 276 g/mol. The highest BCUT2D eigenvalue weighted by Gasteiger charge is 2.15. The van der Waals surface area contributed by atoms with Gasteiger partial charge in [0.15, 0.2) is 12.4 Å². The Labute approximate surface area is 114 Å². The molecule has 0 amide bonds. The number of rotatable bonds is 4. The number of hydrogen-bond acceptors (Lipinski definition) is 6. The molecule has 0 N–H and O–H groups in total. The molecular formula is C13H12N2O5. The van der Waals surface area contributed by atoms with Crippen LogP contribution in [0.2, 0.25) is 0 Å². The van der Waals surface area contributed by atoms with Gasteiger partial charge in [0.2, 0.25) is 0 Å². The Bertz CT molecular complexity index is 663. The number of aryl methyl sites for hydroxylation is 2. The molecule has 0 atom stereocenters. The highest BCUT2D eigenvalue weighted by Crippen LogP contribution is 2.19. The SMILES string of the molecule is Cc1cc(COC(=O)c2ccc([N+](=O)[O-])c(C)c2)on1. The van der Waals surface area contributed by atoms with Gasteiger partial charge in [-0.2, -0.15) is 0 Å². The maximum absolute atomic E-state index is 11.8. The zero-order valence-corrected chi connectivity index (χ0v) is 11.0. The fourth-order valence-corrected chi connectivity index (χ4v) is 1.69. The number of nitro benzene ring substituents is 1. The van der Waals surface area contributed by atoms with Crippen molar-refractivity contribution < 1.29 is 19.0 Å². The third-order valence-corrected chi connectivity index (χ3v) is 2.65. The summed E-state index contributed by atoms with van der Waals surface area (Å²) in [6, 6.07) is 5.73. The predicted octanol–water partition coefficient (Wildman–Crippen LogP) is 2.56. The van der Waals surface area contributed by atoms with Crippen molar-refractivity contribution in [2.45, 2.75) is 20.5 Å². The van der Waals surface area contributed by atoms with Crippen molar-refractivity contribution in [2.75, 3.05) is 0 Å². The fourth-order valence-electron chi connectivity index (χ4n) is 1.69. The fraction of sp³-hybridized carbons (Fsp3) is 0.231. The van der Waals surface area contributed by atoms with Crippen LogP contribution in [0.3, 0.4) is 0 Å². The summed E-state index contributed by atoms with van der Waals surface area (Å²) < 4.78 is 9.95. The van der Waals surface area contributed by atoms with E-state index in [1.807, 2.05) is 0 Å². The van der Waals surface area contributed by atoms with Crippen molar-refractivity contribution in [3.05, 3.63) is 57.0 Å². The van der Waals surface area contributed by atoms with E-state index in [0.29, 0.717) is 17.0 Å². The lowest BCUT2D eigenvalue weighted by Crippen LogP contribution is -2.05. The van der Waals surface area contributed by atoms with Gasteiger partial charge in [0.25, 0.3) is 5.69 Å². The maximum Gasteiger partial charge on any atom is 0.338 e. The summed E-state index contributed by atoms with van der Waals surface area (Å²) in [6.45, 7) is 3.29. The van der Waals surface area contributed by atoms with Crippen LogP contribution in [0.5, 0.6) is 0 Å². The Hall–Kier alpha value is -2.70. The minimum atomic E-state index is -0.572. The van der Waals surface area contributed by atoms with Crippen LogP contribution in [0.1, 0.15) is 27.4 Å². The lowest BCUT2D eigenvalue weighted by Gasteiger charge is -2.03. The molecule has 1 heterocycles.